The summed E-state index contributed by atoms with van der Waals surface area (Å²) in [7, 11) is 1.67. The molecule has 0 unspecified atom stereocenters. The number of amidine groups is 1. The predicted octanol–water partition coefficient (Wildman–Crippen LogP) is 0.975. The van der Waals surface area contributed by atoms with E-state index in [0.717, 1.165) is 24.5 Å². The first kappa shape index (κ1) is 15.4. The van der Waals surface area contributed by atoms with Gasteiger partial charge in [0.05, 0.1) is 12.3 Å². The third-order valence-electron chi connectivity index (χ3n) is 2.76. The molecule has 0 saturated heterocycles. The monoisotopic (exact) mass is 266 g/mol. The molecule has 19 heavy (non-hydrogen) atoms. The van der Waals surface area contributed by atoms with Gasteiger partial charge in [0.15, 0.2) is 0 Å². The quantitative estimate of drug-likeness (QED) is 0.317. The zero-order valence-corrected chi connectivity index (χ0v) is 11.5. The lowest BCUT2D eigenvalue weighted by molar-refractivity contribution is 0.145. The van der Waals surface area contributed by atoms with E-state index in [1.54, 1.807) is 7.11 Å². The number of pyridine rings is 1. The summed E-state index contributed by atoms with van der Waals surface area (Å²) < 4.78 is 5.09. The third kappa shape index (κ3) is 6.17. The van der Waals surface area contributed by atoms with Crippen molar-refractivity contribution in [3.05, 3.63) is 29.6 Å². The largest absolute Gasteiger partial charge is 0.409 e. The van der Waals surface area contributed by atoms with Crippen LogP contribution in [0.25, 0.3) is 0 Å². The summed E-state index contributed by atoms with van der Waals surface area (Å²) in [5, 5.41) is 11.5. The summed E-state index contributed by atoms with van der Waals surface area (Å²) in [6, 6.07) is 5.96. The van der Waals surface area contributed by atoms with Crippen molar-refractivity contribution >= 4 is 5.84 Å². The number of aromatic nitrogens is 1. The fraction of sp³-hybridized carbons (Fsp3) is 0.538. The van der Waals surface area contributed by atoms with Crippen molar-refractivity contribution in [3.8, 4) is 0 Å². The summed E-state index contributed by atoms with van der Waals surface area (Å²) in [4.78, 5) is 6.64. The highest BCUT2D eigenvalue weighted by Gasteiger charge is 2.08. The number of oxime groups is 1. The van der Waals surface area contributed by atoms with Gasteiger partial charge in [-0.2, -0.15) is 0 Å². The lowest BCUT2D eigenvalue weighted by atomic mass is 10.2. The highest BCUT2D eigenvalue weighted by atomic mass is 16.5. The lowest BCUT2D eigenvalue weighted by Crippen LogP contribution is -2.31. The van der Waals surface area contributed by atoms with E-state index in [9.17, 15) is 0 Å². The second-order valence-electron chi connectivity index (χ2n) is 4.38. The Kier molecular flexibility index (Phi) is 6.84. The van der Waals surface area contributed by atoms with E-state index in [1.165, 1.54) is 0 Å². The number of hydrogen-bond acceptors (Lipinski definition) is 5. The van der Waals surface area contributed by atoms with Crippen molar-refractivity contribution in [3.63, 3.8) is 0 Å². The molecule has 1 heterocycles. The van der Waals surface area contributed by atoms with Gasteiger partial charge in [0.25, 0.3) is 0 Å². The van der Waals surface area contributed by atoms with Gasteiger partial charge in [-0.05, 0) is 19.1 Å². The van der Waals surface area contributed by atoms with Gasteiger partial charge in [-0.1, -0.05) is 11.2 Å². The molecular weight excluding hydrogens is 244 g/mol. The molecule has 6 heteroatoms. The predicted molar refractivity (Wildman–Crippen MR) is 74.2 cm³/mol. The number of aryl methyl sites for hydroxylation is 1. The SMILES string of the molecule is COCCN(CCC(N)=NO)Cc1cccc(C)n1. The topological polar surface area (TPSA) is 84.0 Å². The lowest BCUT2D eigenvalue weighted by Gasteiger charge is -2.21. The van der Waals surface area contributed by atoms with E-state index < -0.39 is 0 Å². The molecule has 0 fully saturated rings. The molecule has 106 valence electrons. The van der Waals surface area contributed by atoms with Crippen molar-refractivity contribution in [1.82, 2.24) is 9.88 Å². The Morgan fingerprint density at radius 1 is 1.47 bits per heavy atom. The number of nitrogens with two attached hydrogens (primary N) is 1. The van der Waals surface area contributed by atoms with Crippen molar-refractivity contribution in [2.24, 2.45) is 10.9 Å². The van der Waals surface area contributed by atoms with Gasteiger partial charge in [0, 0.05) is 38.9 Å². The molecule has 0 aromatic carbocycles. The van der Waals surface area contributed by atoms with Gasteiger partial charge in [-0.3, -0.25) is 9.88 Å². The molecule has 1 aromatic rings. The highest BCUT2D eigenvalue weighted by molar-refractivity contribution is 5.79. The maximum Gasteiger partial charge on any atom is 0.140 e. The van der Waals surface area contributed by atoms with Crippen molar-refractivity contribution in [1.29, 1.82) is 0 Å². The van der Waals surface area contributed by atoms with E-state index in [1.807, 2.05) is 25.1 Å². The molecule has 0 spiro atoms. The van der Waals surface area contributed by atoms with Crippen LogP contribution in [0.4, 0.5) is 0 Å². The van der Waals surface area contributed by atoms with Crippen molar-refractivity contribution in [2.45, 2.75) is 19.9 Å². The van der Waals surface area contributed by atoms with E-state index in [4.69, 9.17) is 15.7 Å². The molecular formula is C13H22N4O2. The van der Waals surface area contributed by atoms with Gasteiger partial charge in [-0.25, -0.2) is 0 Å². The van der Waals surface area contributed by atoms with E-state index in [0.29, 0.717) is 19.6 Å². The first-order valence-corrected chi connectivity index (χ1v) is 6.26. The number of ether oxygens (including phenoxy) is 1. The average molecular weight is 266 g/mol. The molecule has 0 atom stereocenters. The number of hydrogen-bond donors (Lipinski definition) is 2. The van der Waals surface area contributed by atoms with Crippen LogP contribution in [-0.2, 0) is 11.3 Å². The van der Waals surface area contributed by atoms with Crippen molar-refractivity contribution in [2.75, 3.05) is 26.8 Å². The third-order valence-corrected chi connectivity index (χ3v) is 2.76. The minimum absolute atomic E-state index is 0.236. The van der Waals surface area contributed by atoms with E-state index in [-0.39, 0.29) is 5.84 Å². The maximum absolute atomic E-state index is 8.56. The second-order valence-corrected chi connectivity index (χ2v) is 4.38. The molecule has 0 radical (unpaired) electrons. The molecule has 0 amide bonds. The number of methoxy groups -OCH3 is 1. The van der Waals surface area contributed by atoms with Crippen molar-refractivity contribution < 1.29 is 9.94 Å². The van der Waals surface area contributed by atoms with Gasteiger partial charge < -0.3 is 15.7 Å². The molecule has 6 nitrogen and oxygen atoms in total. The fourth-order valence-corrected chi connectivity index (χ4v) is 1.73. The van der Waals surface area contributed by atoms with Gasteiger partial charge in [0.1, 0.15) is 5.84 Å². The Balaban J connectivity index is 2.57. The minimum atomic E-state index is 0.236. The van der Waals surface area contributed by atoms with Crippen LogP contribution in [0.2, 0.25) is 0 Å². The van der Waals surface area contributed by atoms with E-state index >= 15 is 0 Å². The van der Waals surface area contributed by atoms with Gasteiger partial charge >= 0.3 is 0 Å². The highest BCUT2D eigenvalue weighted by Crippen LogP contribution is 2.04. The molecule has 1 aromatic heterocycles. The molecule has 1 rings (SSSR count). The van der Waals surface area contributed by atoms with Crippen LogP contribution < -0.4 is 5.73 Å². The van der Waals surface area contributed by atoms with Crippen LogP contribution in [0.15, 0.2) is 23.4 Å². The van der Waals surface area contributed by atoms with E-state index in [2.05, 4.69) is 15.0 Å². The van der Waals surface area contributed by atoms with Crippen LogP contribution in [0.5, 0.6) is 0 Å². The smallest absolute Gasteiger partial charge is 0.140 e. The molecule has 0 aliphatic heterocycles. The van der Waals surface area contributed by atoms with Crippen LogP contribution in [0, 0.1) is 6.92 Å². The summed E-state index contributed by atoms with van der Waals surface area (Å²) >= 11 is 0. The Morgan fingerprint density at radius 3 is 2.89 bits per heavy atom. The first-order valence-electron chi connectivity index (χ1n) is 6.26. The summed E-state index contributed by atoms with van der Waals surface area (Å²) in [5.41, 5.74) is 7.50. The standard InChI is InChI=1S/C13H22N4O2/c1-11-4-3-5-12(15-11)10-17(8-9-19-2)7-6-13(14)16-18/h3-5,18H,6-10H2,1-2H3,(H2,14,16). The molecule has 3 N–H and O–H groups in total. The fourth-order valence-electron chi connectivity index (χ4n) is 1.73. The second kappa shape index (κ2) is 8.44. The average Bonchev–Trinajstić information content (AvgIpc) is 2.41. The molecule has 0 bridgehead atoms. The van der Waals surface area contributed by atoms with Gasteiger partial charge in [-0.15, -0.1) is 0 Å². The zero-order valence-electron chi connectivity index (χ0n) is 11.5. The Morgan fingerprint density at radius 2 is 2.26 bits per heavy atom. The minimum Gasteiger partial charge on any atom is -0.409 e. The van der Waals surface area contributed by atoms with Crippen LogP contribution in [0.1, 0.15) is 17.8 Å². The molecule has 0 aliphatic rings. The Labute approximate surface area is 113 Å². The summed E-state index contributed by atoms with van der Waals surface area (Å²) in [6.07, 6.45) is 0.520. The molecule has 0 aliphatic carbocycles. The van der Waals surface area contributed by atoms with Crippen LogP contribution in [0.3, 0.4) is 0 Å². The summed E-state index contributed by atoms with van der Waals surface area (Å²) in [5.74, 6) is 0.236. The number of nitrogens with zero attached hydrogens (tertiary/aromatic N) is 3. The maximum atomic E-state index is 8.56. The Bertz CT molecular complexity index is 409. The first-order chi connectivity index (χ1) is 9.15. The number of rotatable bonds is 8. The van der Waals surface area contributed by atoms with Crippen LogP contribution >= 0.6 is 0 Å². The normalized spacial score (nSPS) is 12.1. The van der Waals surface area contributed by atoms with Gasteiger partial charge in [0.2, 0.25) is 0 Å². The molecule has 0 saturated carbocycles. The summed E-state index contributed by atoms with van der Waals surface area (Å²) in [6.45, 7) is 4.82. The zero-order chi connectivity index (χ0) is 14.1. The Hall–Kier alpha value is -1.66. The van der Waals surface area contributed by atoms with Crippen LogP contribution in [-0.4, -0.2) is 47.7 Å².